The Morgan fingerprint density at radius 2 is 1.59 bits per heavy atom. The van der Waals surface area contributed by atoms with Crippen LogP contribution in [0.15, 0.2) is 66.7 Å². The molecular formula is C27H31N3O4. The van der Waals surface area contributed by atoms with Gasteiger partial charge in [0.15, 0.2) is 0 Å². The van der Waals surface area contributed by atoms with Gasteiger partial charge in [0.2, 0.25) is 5.91 Å². The molecule has 0 saturated carbocycles. The minimum Gasteiger partial charge on any atom is -0.495 e. The van der Waals surface area contributed by atoms with Crippen LogP contribution in [0.1, 0.15) is 21.5 Å². The highest BCUT2D eigenvalue weighted by atomic mass is 16.5. The third-order valence-electron chi connectivity index (χ3n) is 5.14. The second-order valence-corrected chi connectivity index (χ2v) is 8.19. The summed E-state index contributed by atoms with van der Waals surface area (Å²) in [5, 5.41) is 5.69. The van der Waals surface area contributed by atoms with Crippen LogP contribution in [-0.4, -0.2) is 50.6 Å². The van der Waals surface area contributed by atoms with E-state index in [1.807, 2.05) is 50.1 Å². The molecule has 0 fully saturated rings. The summed E-state index contributed by atoms with van der Waals surface area (Å²) in [6.07, 6.45) is 0. The van der Waals surface area contributed by atoms with E-state index in [9.17, 15) is 9.59 Å². The normalized spacial score (nSPS) is 10.6. The SMILES string of the molecule is COc1ccccc1NC(=O)c1ccc(NC(=O)CN(C)CCOc2cc(C)cc(C)c2)cc1. The third kappa shape index (κ3) is 7.35. The van der Waals surface area contributed by atoms with Crippen molar-refractivity contribution in [2.75, 3.05) is 44.5 Å². The second-order valence-electron chi connectivity index (χ2n) is 8.19. The van der Waals surface area contributed by atoms with Gasteiger partial charge in [0.05, 0.1) is 19.3 Å². The first kappa shape index (κ1) is 24.8. The topological polar surface area (TPSA) is 79.9 Å². The van der Waals surface area contributed by atoms with Crippen LogP contribution in [-0.2, 0) is 4.79 Å². The Kier molecular flexibility index (Phi) is 8.65. The summed E-state index contributed by atoms with van der Waals surface area (Å²) in [5.74, 6) is 1.03. The van der Waals surface area contributed by atoms with Crippen LogP contribution in [0.3, 0.4) is 0 Å². The lowest BCUT2D eigenvalue weighted by Crippen LogP contribution is -2.33. The smallest absolute Gasteiger partial charge is 0.255 e. The number of likely N-dealkylation sites (N-methyl/N-ethyl adjacent to an activating group) is 1. The van der Waals surface area contributed by atoms with Gasteiger partial charge in [-0.2, -0.15) is 0 Å². The molecule has 3 rings (SSSR count). The van der Waals surface area contributed by atoms with E-state index in [2.05, 4.69) is 16.7 Å². The number of anilines is 2. The van der Waals surface area contributed by atoms with Crippen molar-refractivity contribution in [1.82, 2.24) is 4.90 Å². The number of hydrogen-bond donors (Lipinski definition) is 2. The van der Waals surface area contributed by atoms with Gasteiger partial charge >= 0.3 is 0 Å². The third-order valence-corrected chi connectivity index (χ3v) is 5.14. The van der Waals surface area contributed by atoms with Crippen molar-refractivity contribution in [2.24, 2.45) is 0 Å². The Hall–Kier alpha value is -3.84. The van der Waals surface area contributed by atoms with Gasteiger partial charge in [0.25, 0.3) is 5.91 Å². The summed E-state index contributed by atoms with van der Waals surface area (Å²) in [6.45, 7) is 5.41. The average Bonchev–Trinajstić information content (AvgIpc) is 2.79. The number of carbonyl (C=O) groups is 2. The monoisotopic (exact) mass is 461 g/mol. The van der Waals surface area contributed by atoms with Gasteiger partial charge in [-0.3, -0.25) is 14.5 Å². The average molecular weight is 462 g/mol. The number of para-hydroxylation sites is 2. The van der Waals surface area contributed by atoms with Gasteiger partial charge in [-0.25, -0.2) is 0 Å². The van der Waals surface area contributed by atoms with Crippen LogP contribution >= 0.6 is 0 Å². The molecule has 0 heterocycles. The molecule has 0 bridgehead atoms. The summed E-state index contributed by atoms with van der Waals surface area (Å²) < 4.78 is 11.1. The Balaban J connectivity index is 1.45. The maximum absolute atomic E-state index is 12.5. The van der Waals surface area contributed by atoms with E-state index in [-0.39, 0.29) is 18.4 Å². The summed E-state index contributed by atoms with van der Waals surface area (Å²) in [5.41, 5.74) is 4.01. The molecule has 0 radical (unpaired) electrons. The van der Waals surface area contributed by atoms with Gasteiger partial charge in [-0.1, -0.05) is 18.2 Å². The highest BCUT2D eigenvalue weighted by Gasteiger charge is 2.11. The van der Waals surface area contributed by atoms with E-state index in [0.717, 1.165) is 16.9 Å². The number of amides is 2. The maximum Gasteiger partial charge on any atom is 0.255 e. The molecule has 178 valence electrons. The van der Waals surface area contributed by atoms with E-state index in [0.29, 0.717) is 35.8 Å². The molecule has 0 unspecified atom stereocenters. The summed E-state index contributed by atoms with van der Waals surface area (Å²) >= 11 is 0. The first-order chi connectivity index (χ1) is 16.3. The highest BCUT2D eigenvalue weighted by molar-refractivity contribution is 6.05. The lowest BCUT2D eigenvalue weighted by molar-refractivity contribution is -0.117. The van der Waals surface area contributed by atoms with Crippen LogP contribution < -0.4 is 20.1 Å². The number of hydrogen-bond acceptors (Lipinski definition) is 5. The number of ether oxygens (including phenoxy) is 2. The van der Waals surface area contributed by atoms with Crippen molar-refractivity contribution < 1.29 is 19.1 Å². The van der Waals surface area contributed by atoms with Gasteiger partial charge in [-0.15, -0.1) is 0 Å². The van der Waals surface area contributed by atoms with Crippen molar-refractivity contribution in [2.45, 2.75) is 13.8 Å². The molecular weight excluding hydrogens is 430 g/mol. The number of rotatable bonds is 10. The zero-order valence-electron chi connectivity index (χ0n) is 20.1. The molecule has 3 aromatic rings. The fourth-order valence-electron chi connectivity index (χ4n) is 3.51. The summed E-state index contributed by atoms with van der Waals surface area (Å²) in [7, 11) is 3.42. The molecule has 0 aliphatic carbocycles. The van der Waals surface area contributed by atoms with Crippen LogP contribution in [0.5, 0.6) is 11.5 Å². The lowest BCUT2D eigenvalue weighted by Gasteiger charge is -2.17. The molecule has 0 atom stereocenters. The Morgan fingerprint density at radius 1 is 0.912 bits per heavy atom. The van der Waals surface area contributed by atoms with Crippen LogP contribution in [0.25, 0.3) is 0 Å². The first-order valence-electron chi connectivity index (χ1n) is 11.1. The zero-order valence-corrected chi connectivity index (χ0v) is 20.1. The molecule has 7 heteroatoms. The number of methoxy groups -OCH3 is 1. The van der Waals surface area contributed by atoms with Crippen molar-refractivity contribution in [3.05, 3.63) is 83.4 Å². The minimum atomic E-state index is -0.258. The van der Waals surface area contributed by atoms with Gasteiger partial charge in [-0.05, 0) is 80.6 Å². The first-order valence-corrected chi connectivity index (χ1v) is 11.1. The molecule has 34 heavy (non-hydrogen) atoms. The van der Waals surface area contributed by atoms with E-state index in [1.165, 1.54) is 0 Å². The number of nitrogens with one attached hydrogen (secondary N) is 2. The van der Waals surface area contributed by atoms with Crippen molar-refractivity contribution in [3.63, 3.8) is 0 Å². The van der Waals surface area contributed by atoms with E-state index in [1.54, 1.807) is 43.5 Å². The summed E-state index contributed by atoms with van der Waals surface area (Å²) in [6, 6.07) is 20.1. The number of aryl methyl sites for hydroxylation is 2. The molecule has 7 nitrogen and oxygen atoms in total. The Bertz CT molecular complexity index is 1110. The molecule has 0 aliphatic heterocycles. The van der Waals surface area contributed by atoms with Crippen molar-refractivity contribution in [1.29, 1.82) is 0 Å². The molecule has 0 spiro atoms. The number of nitrogens with zero attached hydrogens (tertiary/aromatic N) is 1. The molecule has 2 amide bonds. The molecule has 0 saturated heterocycles. The van der Waals surface area contributed by atoms with Crippen molar-refractivity contribution >= 4 is 23.2 Å². The fourth-order valence-corrected chi connectivity index (χ4v) is 3.51. The second kappa shape index (κ2) is 11.9. The zero-order chi connectivity index (χ0) is 24.5. The van der Waals surface area contributed by atoms with Gasteiger partial charge in [0.1, 0.15) is 18.1 Å². The Labute approximate surface area is 200 Å². The molecule has 0 aromatic heterocycles. The lowest BCUT2D eigenvalue weighted by atomic mass is 10.1. The van der Waals surface area contributed by atoms with Crippen LogP contribution in [0, 0.1) is 13.8 Å². The van der Waals surface area contributed by atoms with Gasteiger partial charge < -0.3 is 20.1 Å². The number of carbonyl (C=O) groups excluding carboxylic acids is 2. The van der Waals surface area contributed by atoms with Crippen molar-refractivity contribution in [3.8, 4) is 11.5 Å². The predicted molar refractivity (Wildman–Crippen MR) is 135 cm³/mol. The fraction of sp³-hybridized carbons (Fsp3) is 0.259. The molecule has 2 N–H and O–H groups in total. The largest absolute Gasteiger partial charge is 0.495 e. The predicted octanol–water partition coefficient (Wildman–Crippen LogP) is 4.51. The quantitative estimate of drug-likeness (QED) is 0.464. The van der Waals surface area contributed by atoms with Crippen LogP contribution in [0.4, 0.5) is 11.4 Å². The summed E-state index contributed by atoms with van der Waals surface area (Å²) in [4.78, 5) is 26.8. The van der Waals surface area contributed by atoms with Gasteiger partial charge in [0, 0.05) is 17.8 Å². The Morgan fingerprint density at radius 3 is 2.26 bits per heavy atom. The standard InChI is InChI=1S/C27H31N3O4/c1-19-15-20(2)17-23(16-19)34-14-13-30(3)18-26(31)28-22-11-9-21(10-12-22)27(32)29-24-7-5-6-8-25(24)33-4/h5-12,15-17H,13-14,18H2,1-4H3,(H,28,31)(H,29,32). The molecule has 0 aliphatic rings. The minimum absolute atomic E-state index is 0.139. The van der Waals surface area contributed by atoms with E-state index >= 15 is 0 Å². The van der Waals surface area contributed by atoms with E-state index < -0.39 is 0 Å². The number of benzene rings is 3. The molecule has 3 aromatic carbocycles. The van der Waals surface area contributed by atoms with Crippen LogP contribution in [0.2, 0.25) is 0 Å². The maximum atomic E-state index is 12.5. The highest BCUT2D eigenvalue weighted by Crippen LogP contribution is 2.24. The van der Waals surface area contributed by atoms with E-state index in [4.69, 9.17) is 9.47 Å².